The van der Waals surface area contributed by atoms with E-state index in [1.807, 2.05) is 54.6 Å². The van der Waals surface area contributed by atoms with Gasteiger partial charge in [0.2, 0.25) is 0 Å². The fourth-order valence-corrected chi connectivity index (χ4v) is 1.72. The van der Waals surface area contributed by atoms with Crippen molar-refractivity contribution in [3.63, 3.8) is 0 Å². The van der Waals surface area contributed by atoms with Gasteiger partial charge in [0.1, 0.15) is 11.6 Å². The highest BCUT2D eigenvalue weighted by Crippen LogP contribution is 2.23. The minimum Gasteiger partial charge on any atom is -0.424 e. The third-order valence-corrected chi connectivity index (χ3v) is 2.56. The standard InChI is InChI=1S/C14H11N3O/c15-13-11-8-4-5-9-12(11)16-14(17-13)18-10-6-2-1-3-7-10/h1-9H,(H2,15,16,17). The van der Waals surface area contributed by atoms with Crippen LogP contribution >= 0.6 is 0 Å². The Hall–Kier alpha value is -2.62. The van der Waals surface area contributed by atoms with Gasteiger partial charge in [-0.25, -0.2) is 0 Å². The van der Waals surface area contributed by atoms with Crippen LogP contribution in [0.4, 0.5) is 5.82 Å². The van der Waals surface area contributed by atoms with Crippen LogP contribution in [0.5, 0.6) is 11.8 Å². The van der Waals surface area contributed by atoms with Crippen LogP contribution in [0.1, 0.15) is 0 Å². The summed E-state index contributed by atoms with van der Waals surface area (Å²) in [5.41, 5.74) is 6.65. The fraction of sp³-hybridized carbons (Fsp3) is 0. The maximum atomic E-state index is 5.88. The van der Waals surface area contributed by atoms with Gasteiger partial charge in [-0.05, 0) is 24.3 Å². The highest BCUT2D eigenvalue weighted by atomic mass is 16.5. The SMILES string of the molecule is Nc1nc(Oc2ccccc2)nc2ccccc12. The lowest BCUT2D eigenvalue weighted by molar-refractivity contribution is 0.445. The molecule has 1 heterocycles. The second kappa shape index (κ2) is 4.33. The molecule has 0 bridgehead atoms. The molecule has 0 spiro atoms. The molecule has 3 aromatic rings. The summed E-state index contributed by atoms with van der Waals surface area (Å²) in [6, 6.07) is 17.2. The van der Waals surface area contributed by atoms with Crippen molar-refractivity contribution in [1.82, 2.24) is 9.97 Å². The zero-order valence-electron chi connectivity index (χ0n) is 9.58. The number of aromatic nitrogens is 2. The van der Waals surface area contributed by atoms with E-state index in [1.54, 1.807) is 0 Å². The molecule has 0 amide bonds. The van der Waals surface area contributed by atoms with Crippen LogP contribution in [0.2, 0.25) is 0 Å². The predicted octanol–water partition coefficient (Wildman–Crippen LogP) is 3.00. The summed E-state index contributed by atoms with van der Waals surface area (Å²) in [6.07, 6.45) is 0. The van der Waals surface area contributed by atoms with Gasteiger partial charge in [0.25, 0.3) is 0 Å². The lowest BCUT2D eigenvalue weighted by atomic mass is 10.2. The second-order valence-electron chi connectivity index (χ2n) is 3.82. The Morgan fingerprint density at radius 1 is 0.833 bits per heavy atom. The first kappa shape index (κ1) is 10.5. The van der Waals surface area contributed by atoms with Gasteiger partial charge in [0, 0.05) is 5.39 Å². The normalized spacial score (nSPS) is 10.4. The summed E-state index contributed by atoms with van der Waals surface area (Å²) in [4.78, 5) is 8.46. The number of hydrogen-bond acceptors (Lipinski definition) is 4. The Kier molecular flexibility index (Phi) is 2.53. The number of hydrogen-bond donors (Lipinski definition) is 1. The summed E-state index contributed by atoms with van der Waals surface area (Å²) in [5, 5.41) is 0.831. The number of nitrogen functional groups attached to an aromatic ring is 1. The molecule has 0 fully saturated rings. The van der Waals surface area contributed by atoms with Crippen LogP contribution in [-0.4, -0.2) is 9.97 Å². The Morgan fingerprint density at radius 2 is 1.56 bits per heavy atom. The van der Waals surface area contributed by atoms with Crippen LogP contribution in [-0.2, 0) is 0 Å². The van der Waals surface area contributed by atoms with Crippen LogP contribution in [0.15, 0.2) is 54.6 Å². The first-order chi connectivity index (χ1) is 8.83. The van der Waals surface area contributed by atoms with Gasteiger partial charge in [-0.15, -0.1) is 0 Å². The molecule has 0 atom stereocenters. The van der Waals surface area contributed by atoms with E-state index >= 15 is 0 Å². The number of para-hydroxylation sites is 2. The van der Waals surface area contributed by atoms with E-state index < -0.39 is 0 Å². The molecule has 2 N–H and O–H groups in total. The van der Waals surface area contributed by atoms with E-state index in [2.05, 4.69) is 9.97 Å². The lowest BCUT2D eigenvalue weighted by Crippen LogP contribution is -1.98. The molecule has 1 aromatic heterocycles. The van der Waals surface area contributed by atoms with Gasteiger partial charge in [-0.1, -0.05) is 30.3 Å². The van der Waals surface area contributed by atoms with Gasteiger partial charge in [-0.3, -0.25) is 0 Å². The number of ether oxygens (including phenoxy) is 1. The topological polar surface area (TPSA) is 61.0 Å². The lowest BCUT2D eigenvalue weighted by Gasteiger charge is -2.06. The van der Waals surface area contributed by atoms with Crippen LogP contribution in [0, 0.1) is 0 Å². The Bertz CT molecular complexity index is 683. The third kappa shape index (κ3) is 1.96. The molecule has 4 heteroatoms. The first-order valence-corrected chi connectivity index (χ1v) is 5.58. The minimum absolute atomic E-state index is 0.261. The van der Waals surface area contributed by atoms with Crippen molar-refractivity contribution in [1.29, 1.82) is 0 Å². The smallest absolute Gasteiger partial charge is 0.324 e. The zero-order chi connectivity index (χ0) is 12.4. The van der Waals surface area contributed by atoms with E-state index in [4.69, 9.17) is 10.5 Å². The van der Waals surface area contributed by atoms with Crippen LogP contribution in [0.3, 0.4) is 0 Å². The monoisotopic (exact) mass is 237 g/mol. The quantitative estimate of drug-likeness (QED) is 0.744. The number of rotatable bonds is 2. The molecule has 3 rings (SSSR count). The van der Waals surface area contributed by atoms with Gasteiger partial charge in [0.15, 0.2) is 0 Å². The van der Waals surface area contributed by atoms with E-state index in [9.17, 15) is 0 Å². The number of nitrogens with zero attached hydrogens (tertiary/aromatic N) is 2. The molecule has 0 radical (unpaired) electrons. The zero-order valence-corrected chi connectivity index (χ0v) is 9.58. The van der Waals surface area contributed by atoms with E-state index in [1.165, 1.54) is 0 Å². The molecule has 2 aromatic carbocycles. The molecule has 0 saturated heterocycles. The molecule has 88 valence electrons. The Labute approximate surface area is 104 Å². The molecule has 18 heavy (non-hydrogen) atoms. The third-order valence-electron chi connectivity index (χ3n) is 2.56. The molecule has 0 aliphatic rings. The van der Waals surface area contributed by atoms with Crippen molar-refractivity contribution in [2.45, 2.75) is 0 Å². The number of nitrogens with two attached hydrogens (primary N) is 1. The van der Waals surface area contributed by atoms with Crippen molar-refractivity contribution < 1.29 is 4.74 Å². The largest absolute Gasteiger partial charge is 0.424 e. The Morgan fingerprint density at radius 3 is 2.39 bits per heavy atom. The molecule has 0 aliphatic carbocycles. The summed E-state index contributed by atoms with van der Waals surface area (Å²) in [5.74, 6) is 1.11. The first-order valence-electron chi connectivity index (χ1n) is 5.58. The molecule has 0 aliphatic heterocycles. The van der Waals surface area contributed by atoms with E-state index in [0.717, 1.165) is 10.9 Å². The summed E-state index contributed by atoms with van der Waals surface area (Å²) < 4.78 is 5.57. The van der Waals surface area contributed by atoms with Crippen molar-refractivity contribution in [2.75, 3.05) is 5.73 Å². The summed E-state index contributed by atoms with van der Waals surface area (Å²) in [7, 11) is 0. The molecular formula is C14H11N3O. The minimum atomic E-state index is 0.261. The highest BCUT2D eigenvalue weighted by Gasteiger charge is 2.06. The summed E-state index contributed by atoms with van der Waals surface area (Å²) >= 11 is 0. The van der Waals surface area contributed by atoms with Gasteiger partial charge >= 0.3 is 6.01 Å². The average Bonchev–Trinajstić information content (AvgIpc) is 2.40. The van der Waals surface area contributed by atoms with Crippen molar-refractivity contribution >= 4 is 16.7 Å². The average molecular weight is 237 g/mol. The molecular weight excluding hydrogens is 226 g/mol. The maximum Gasteiger partial charge on any atom is 0.324 e. The van der Waals surface area contributed by atoms with Crippen LogP contribution < -0.4 is 10.5 Å². The van der Waals surface area contributed by atoms with Crippen molar-refractivity contribution in [2.24, 2.45) is 0 Å². The van der Waals surface area contributed by atoms with Crippen molar-refractivity contribution in [3.05, 3.63) is 54.6 Å². The highest BCUT2D eigenvalue weighted by molar-refractivity contribution is 5.88. The van der Waals surface area contributed by atoms with Gasteiger partial charge in [-0.2, -0.15) is 9.97 Å². The molecule has 4 nitrogen and oxygen atoms in total. The predicted molar refractivity (Wildman–Crippen MR) is 70.5 cm³/mol. The molecule has 0 unspecified atom stereocenters. The number of benzene rings is 2. The number of fused-ring (bicyclic) bond motifs is 1. The van der Waals surface area contributed by atoms with E-state index in [0.29, 0.717) is 11.6 Å². The van der Waals surface area contributed by atoms with Crippen LogP contribution in [0.25, 0.3) is 10.9 Å². The molecule has 0 saturated carbocycles. The van der Waals surface area contributed by atoms with Crippen molar-refractivity contribution in [3.8, 4) is 11.8 Å². The fourth-order valence-electron chi connectivity index (χ4n) is 1.72. The number of anilines is 1. The van der Waals surface area contributed by atoms with Gasteiger partial charge in [0.05, 0.1) is 5.52 Å². The maximum absolute atomic E-state index is 5.88. The Balaban J connectivity index is 2.03. The summed E-state index contributed by atoms with van der Waals surface area (Å²) in [6.45, 7) is 0. The second-order valence-corrected chi connectivity index (χ2v) is 3.82. The van der Waals surface area contributed by atoms with E-state index in [-0.39, 0.29) is 6.01 Å². The van der Waals surface area contributed by atoms with Gasteiger partial charge < -0.3 is 10.5 Å².